The zero-order valence-corrected chi connectivity index (χ0v) is 13.4. The molecule has 0 spiro atoms. The summed E-state index contributed by atoms with van der Waals surface area (Å²) in [6.45, 7) is 2.05. The molecule has 21 heavy (non-hydrogen) atoms. The minimum Gasteiger partial charge on any atom is -0.481 e. The van der Waals surface area contributed by atoms with Crippen LogP contribution in [0.2, 0.25) is 0 Å². The predicted octanol–water partition coefficient (Wildman–Crippen LogP) is 2.08. The SMILES string of the molecule is CC1CCC(C(=O)O)CN1S(=O)(=O)CC12CCC(CC1)C2. The van der Waals surface area contributed by atoms with Gasteiger partial charge in [0.25, 0.3) is 0 Å². The number of hydrogen-bond donors (Lipinski definition) is 1. The monoisotopic (exact) mass is 315 g/mol. The number of carboxylic acid groups (broad SMARTS) is 1. The van der Waals surface area contributed by atoms with Crippen molar-refractivity contribution in [1.29, 1.82) is 0 Å². The Labute approximate surface area is 126 Å². The highest BCUT2D eigenvalue weighted by Crippen LogP contribution is 2.55. The molecule has 0 aromatic heterocycles. The van der Waals surface area contributed by atoms with Crippen LogP contribution in [0.15, 0.2) is 0 Å². The molecular weight excluding hydrogens is 290 g/mol. The fourth-order valence-electron chi connectivity index (χ4n) is 4.65. The molecule has 0 radical (unpaired) electrons. The Balaban J connectivity index is 1.75. The third-order valence-electron chi connectivity index (χ3n) is 5.91. The average Bonchev–Trinajstić information content (AvgIpc) is 2.97. The maximum absolute atomic E-state index is 12.8. The summed E-state index contributed by atoms with van der Waals surface area (Å²) in [4.78, 5) is 11.2. The topological polar surface area (TPSA) is 74.7 Å². The third-order valence-corrected chi connectivity index (χ3v) is 8.11. The lowest BCUT2D eigenvalue weighted by molar-refractivity contribution is -0.143. The van der Waals surface area contributed by atoms with Gasteiger partial charge in [-0.15, -0.1) is 0 Å². The maximum atomic E-state index is 12.8. The van der Waals surface area contributed by atoms with Crippen LogP contribution in [0.25, 0.3) is 0 Å². The van der Waals surface area contributed by atoms with Crippen LogP contribution < -0.4 is 0 Å². The molecular formula is C15H25NO4S. The van der Waals surface area contributed by atoms with Crippen LogP contribution in [-0.4, -0.2) is 42.1 Å². The van der Waals surface area contributed by atoms with Gasteiger partial charge in [-0.05, 0) is 63.2 Å². The largest absolute Gasteiger partial charge is 0.481 e. The van der Waals surface area contributed by atoms with Crippen molar-refractivity contribution in [3.8, 4) is 0 Å². The number of aliphatic carboxylic acids is 1. The molecule has 2 aliphatic carbocycles. The molecule has 0 amide bonds. The number of sulfonamides is 1. The van der Waals surface area contributed by atoms with Crippen LogP contribution >= 0.6 is 0 Å². The van der Waals surface area contributed by atoms with E-state index in [1.807, 2.05) is 6.92 Å². The minimum absolute atomic E-state index is 0.0145. The second-order valence-electron chi connectivity index (χ2n) is 7.43. The second kappa shape index (κ2) is 5.23. The molecule has 1 saturated heterocycles. The first-order valence-corrected chi connectivity index (χ1v) is 9.65. The normalized spacial score (nSPS) is 40.5. The van der Waals surface area contributed by atoms with E-state index in [0.29, 0.717) is 12.8 Å². The van der Waals surface area contributed by atoms with Gasteiger partial charge in [-0.2, -0.15) is 4.31 Å². The fraction of sp³-hybridized carbons (Fsp3) is 0.933. The van der Waals surface area contributed by atoms with E-state index in [-0.39, 0.29) is 23.8 Å². The van der Waals surface area contributed by atoms with Gasteiger partial charge < -0.3 is 5.11 Å². The van der Waals surface area contributed by atoms with Gasteiger partial charge in [0.2, 0.25) is 10.0 Å². The number of fused-ring (bicyclic) bond motifs is 2. The third kappa shape index (κ3) is 2.84. The molecule has 2 saturated carbocycles. The molecule has 3 aliphatic rings. The molecule has 5 nitrogen and oxygen atoms in total. The molecule has 0 aromatic rings. The predicted molar refractivity (Wildman–Crippen MR) is 79.3 cm³/mol. The molecule has 120 valence electrons. The molecule has 3 fully saturated rings. The molecule has 3 rings (SSSR count). The average molecular weight is 315 g/mol. The van der Waals surface area contributed by atoms with Crippen molar-refractivity contribution in [2.75, 3.05) is 12.3 Å². The Kier molecular flexibility index (Phi) is 3.81. The van der Waals surface area contributed by atoms with E-state index in [1.54, 1.807) is 0 Å². The summed E-state index contributed by atoms with van der Waals surface area (Å²) in [6, 6.07) is -0.0689. The summed E-state index contributed by atoms with van der Waals surface area (Å²) in [5, 5.41) is 9.17. The molecule has 1 heterocycles. The first-order valence-electron chi connectivity index (χ1n) is 8.04. The highest BCUT2D eigenvalue weighted by atomic mass is 32.2. The van der Waals surface area contributed by atoms with Crippen molar-refractivity contribution in [1.82, 2.24) is 4.31 Å². The van der Waals surface area contributed by atoms with Crippen molar-refractivity contribution in [2.45, 2.75) is 57.9 Å². The molecule has 1 aliphatic heterocycles. The standard InChI is InChI=1S/C15H25NO4S/c1-11-2-3-13(14(17)18)9-16(11)21(19,20)10-15-6-4-12(8-15)5-7-15/h11-13H,2-10H2,1H3,(H,17,18). The van der Waals surface area contributed by atoms with E-state index < -0.39 is 21.9 Å². The molecule has 6 heteroatoms. The highest BCUT2D eigenvalue weighted by Gasteiger charge is 2.49. The quantitative estimate of drug-likeness (QED) is 0.862. The number of carbonyl (C=O) groups is 1. The van der Waals surface area contributed by atoms with Crippen molar-refractivity contribution in [3.05, 3.63) is 0 Å². The maximum Gasteiger partial charge on any atom is 0.307 e. The lowest BCUT2D eigenvalue weighted by Gasteiger charge is -2.38. The van der Waals surface area contributed by atoms with Gasteiger partial charge in [0.05, 0.1) is 11.7 Å². The molecule has 0 aromatic carbocycles. The van der Waals surface area contributed by atoms with E-state index in [4.69, 9.17) is 0 Å². The zero-order chi connectivity index (χ0) is 15.3. The van der Waals surface area contributed by atoms with Gasteiger partial charge in [0.1, 0.15) is 0 Å². The summed E-state index contributed by atoms with van der Waals surface area (Å²) in [6.07, 6.45) is 6.67. The van der Waals surface area contributed by atoms with Crippen LogP contribution in [-0.2, 0) is 14.8 Å². The Bertz CT molecular complexity index is 522. The number of carboxylic acids is 1. The van der Waals surface area contributed by atoms with Crippen molar-refractivity contribution in [3.63, 3.8) is 0 Å². The summed E-state index contributed by atoms with van der Waals surface area (Å²) >= 11 is 0. The number of hydrogen-bond acceptors (Lipinski definition) is 3. The van der Waals surface area contributed by atoms with Gasteiger partial charge in [0, 0.05) is 12.6 Å². The molecule has 1 N–H and O–H groups in total. The van der Waals surface area contributed by atoms with Crippen molar-refractivity contribution in [2.24, 2.45) is 17.3 Å². The summed E-state index contributed by atoms with van der Waals surface area (Å²) in [5.41, 5.74) is -0.0145. The lowest BCUT2D eigenvalue weighted by atomic mass is 9.87. The van der Waals surface area contributed by atoms with E-state index in [0.717, 1.165) is 25.2 Å². The van der Waals surface area contributed by atoms with Gasteiger partial charge in [0.15, 0.2) is 0 Å². The van der Waals surface area contributed by atoms with Gasteiger partial charge >= 0.3 is 5.97 Å². The van der Waals surface area contributed by atoms with Crippen LogP contribution in [0.4, 0.5) is 0 Å². The Morgan fingerprint density at radius 1 is 1.24 bits per heavy atom. The summed E-state index contributed by atoms with van der Waals surface area (Å²) in [7, 11) is -3.36. The van der Waals surface area contributed by atoms with E-state index in [9.17, 15) is 18.3 Å². The van der Waals surface area contributed by atoms with E-state index >= 15 is 0 Å². The Morgan fingerprint density at radius 2 is 1.90 bits per heavy atom. The first kappa shape index (κ1) is 15.3. The Morgan fingerprint density at radius 3 is 2.43 bits per heavy atom. The minimum atomic E-state index is -3.36. The molecule has 2 unspecified atom stereocenters. The van der Waals surface area contributed by atoms with Crippen LogP contribution in [0.1, 0.15) is 51.9 Å². The zero-order valence-electron chi connectivity index (χ0n) is 12.6. The van der Waals surface area contributed by atoms with Crippen LogP contribution in [0.3, 0.4) is 0 Å². The Hall–Kier alpha value is -0.620. The van der Waals surface area contributed by atoms with Gasteiger partial charge in [-0.1, -0.05) is 0 Å². The van der Waals surface area contributed by atoms with E-state index in [1.165, 1.54) is 17.1 Å². The number of nitrogens with zero attached hydrogens (tertiary/aromatic N) is 1. The summed E-state index contributed by atoms with van der Waals surface area (Å²) in [5.74, 6) is -0.464. The smallest absolute Gasteiger partial charge is 0.307 e. The highest BCUT2D eigenvalue weighted by molar-refractivity contribution is 7.89. The van der Waals surface area contributed by atoms with Crippen molar-refractivity contribution < 1.29 is 18.3 Å². The first-order chi connectivity index (χ1) is 9.81. The van der Waals surface area contributed by atoms with Crippen LogP contribution in [0, 0.1) is 17.3 Å². The number of piperidine rings is 1. The lowest BCUT2D eigenvalue weighted by Crippen LogP contribution is -2.49. The molecule has 2 bridgehead atoms. The summed E-state index contributed by atoms with van der Waals surface area (Å²) < 4.78 is 27.2. The van der Waals surface area contributed by atoms with Gasteiger partial charge in [-0.25, -0.2) is 8.42 Å². The second-order valence-corrected chi connectivity index (χ2v) is 9.36. The van der Waals surface area contributed by atoms with Crippen LogP contribution in [0.5, 0.6) is 0 Å². The van der Waals surface area contributed by atoms with Gasteiger partial charge in [-0.3, -0.25) is 4.79 Å². The molecule has 2 atom stereocenters. The van der Waals surface area contributed by atoms with Crippen molar-refractivity contribution >= 4 is 16.0 Å². The van der Waals surface area contributed by atoms with E-state index in [2.05, 4.69) is 0 Å². The number of rotatable bonds is 4. The fourth-order valence-corrected chi connectivity index (χ4v) is 7.05.